The standard InChI is InChI=1S/C18H16O4/c1-3-6-11-9-14-12-7-4-5-8-16(12)22-18(20)15(14)10-13(11)17(19)21-2/h4-5,7-10H,3,6H2,1-2H3. The number of hydrogen-bond donors (Lipinski definition) is 0. The minimum atomic E-state index is -0.443. The van der Waals surface area contributed by atoms with Crippen molar-refractivity contribution in [2.75, 3.05) is 7.11 Å². The van der Waals surface area contributed by atoms with Crippen molar-refractivity contribution < 1.29 is 13.9 Å². The van der Waals surface area contributed by atoms with Crippen LogP contribution in [0.1, 0.15) is 29.3 Å². The van der Waals surface area contributed by atoms with E-state index in [9.17, 15) is 9.59 Å². The van der Waals surface area contributed by atoms with Crippen molar-refractivity contribution in [1.29, 1.82) is 0 Å². The number of carbonyl (C=O) groups excluding carboxylic acids is 1. The molecule has 0 aliphatic carbocycles. The van der Waals surface area contributed by atoms with Crippen LogP contribution in [-0.4, -0.2) is 13.1 Å². The van der Waals surface area contributed by atoms with Gasteiger partial charge in [-0.25, -0.2) is 9.59 Å². The van der Waals surface area contributed by atoms with Gasteiger partial charge in [0.1, 0.15) is 5.58 Å². The fourth-order valence-corrected chi connectivity index (χ4v) is 2.75. The molecule has 3 rings (SSSR count). The maximum Gasteiger partial charge on any atom is 0.344 e. The molecule has 22 heavy (non-hydrogen) atoms. The van der Waals surface area contributed by atoms with Crippen LogP contribution >= 0.6 is 0 Å². The molecule has 4 nitrogen and oxygen atoms in total. The molecular formula is C18H16O4. The molecular weight excluding hydrogens is 280 g/mol. The molecule has 0 atom stereocenters. The minimum Gasteiger partial charge on any atom is -0.465 e. The lowest BCUT2D eigenvalue weighted by Gasteiger charge is -2.10. The van der Waals surface area contributed by atoms with Crippen LogP contribution in [0.4, 0.5) is 0 Å². The first-order valence-corrected chi connectivity index (χ1v) is 7.22. The monoisotopic (exact) mass is 296 g/mol. The zero-order chi connectivity index (χ0) is 15.7. The van der Waals surface area contributed by atoms with Gasteiger partial charge in [0.05, 0.1) is 18.1 Å². The van der Waals surface area contributed by atoms with Gasteiger partial charge in [0.15, 0.2) is 0 Å². The zero-order valence-corrected chi connectivity index (χ0v) is 12.5. The number of hydrogen-bond acceptors (Lipinski definition) is 4. The van der Waals surface area contributed by atoms with Crippen LogP contribution in [0.15, 0.2) is 45.6 Å². The zero-order valence-electron chi connectivity index (χ0n) is 12.5. The van der Waals surface area contributed by atoms with Crippen molar-refractivity contribution in [3.8, 4) is 0 Å². The Labute approximate surface area is 127 Å². The lowest BCUT2D eigenvalue weighted by atomic mass is 9.97. The van der Waals surface area contributed by atoms with Crippen molar-refractivity contribution >= 4 is 27.7 Å². The molecule has 0 N–H and O–H groups in total. The molecule has 3 aromatic rings. The number of esters is 1. The molecule has 0 spiro atoms. The number of para-hydroxylation sites is 1. The summed E-state index contributed by atoms with van der Waals surface area (Å²) in [7, 11) is 1.34. The van der Waals surface area contributed by atoms with E-state index in [-0.39, 0.29) is 0 Å². The van der Waals surface area contributed by atoms with Crippen LogP contribution in [0.5, 0.6) is 0 Å². The van der Waals surface area contributed by atoms with Gasteiger partial charge in [-0.15, -0.1) is 0 Å². The second-order valence-corrected chi connectivity index (χ2v) is 5.18. The number of carbonyl (C=O) groups is 1. The van der Waals surface area contributed by atoms with Crippen molar-refractivity contribution in [1.82, 2.24) is 0 Å². The third-order valence-corrected chi connectivity index (χ3v) is 3.77. The van der Waals surface area contributed by atoms with Crippen LogP contribution in [0, 0.1) is 0 Å². The minimum absolute atomic E-state index is 0.402. The first-order valence-electron chi connectivity index (χ1n) is 7.22. The van der Waals surface area contributed by atoms with E-state index in [4.69, 9.17) is 9.15 Å². The highest BCUT2D eigenvalue weighted by atomic mass is 16.5. The average Bonchev–Trinajstić information content (AvgIpc) is 2.54. The Morgan fingerprint density at radius 1 is 1.14 bits per heavy atom. The first kappa shape index (κ1) is 14.3. The lowest BCUT2D eigenvalue weighted by Crippen LogP contribution is -2.09. The summed E-state index contributed by atoms with van der Waals surface area (Å²) in [4.78, 5) is 24.2. The fourth-order valence-electron chi connectivity index (χ4n) is 2.75. The molecule has 0 unspecified atom stereocenters. The third-order valence-electron chi connectivity index (χ3n) is 3.77. The van der Waals surface area contributed by atoms with Gasteiger partial charge in [0.2, 0.25) is 0 Å². The number of aryl methyl sites for hydroxylation is 1. The van der Waals surface area contributed by atoms with Gasteiger partial charge >= 0.3 is 11.6 Å². The third kappa shape index (κ3) is 2.26. The highest BCUT2D eigenvalue weighted by molar-refractivity contribution is 6.07. The van der Waals surface area contributed by atoms with E-state index in [1.165, 1.54) is 7.11 Å². The maximum atomic E-state index is 12.2. The van der Waals surface area contributed by atoms with Crippen molar-refractivity contribution in [3.63, 3.8) is 0 Å². The molecule has 0 saturated carbocycles. The number of methoxy groups -OCH3 is 1. The van der Waals surface area contributed by atoms with Crippen molar-refractivity contribution in [2.24, 2.45) is 0 Å². The summed E-state index contributed by atoms with van der Waals surface area (Å²) in [5, 5.41) is 2.08. The highest BCUT2D eigenvalue weighted by Gasteiger charge is 2.16. The first-order chi connectivity index (χ1) is 10.7. The van der Waals surface area contributed by atoms with E-state index in [0.29, 0.717) is 16.5 Å². The second-order valence-electron chi connectivity index (χ2n) is 5.18. The van der Waals surface area contributed by atoms with Crippen LogP contribution in [0.25, 0.3) is 21.7 Å². The Morgan fingerprint density at radius 2 is 1.91 bits per heavy atom. The van der Waals surface area contributed by atoms with Gasteiger partial charge in [-0.2, -0.15) is 0 Å². The normalized spacial score (nSPS) is 11.0. The molecule has 0 aliphatic rings. The molecule has 1 heterocycles. The molecule has 0 bridgehead atoms. The highest BCUT2D eigenvalue weighted by Crippen LogP contribution is 2.26. The van der Waals surface area contributed by atoms with E-state index < -0.39 is 11.6 Å². The number of fused-ring (bicyclic) bond motifs is 3. The van der Waals surface area contributed by atoms with Crippen molar-refractivity contribution in [2.45, 2.75) is 19.8 Å². The molecule has 112 valence electrons. The largest absolute Gasteiger partial charge is 0.465 e. The molecule has 0 amide bonds. The van der Waals surface area contributed by atoms with E-state index >= 15 is 0 Å². The molecule has 0 aliphatic heterocycles. The summed E-state index contributed by atoms with van der Waals surface area (Å²) in [5.74, 6) is -0.432. The predicted octanol–water partition coefficient (Wildman–Crippen LogP) is 3.69. The fraction of sp³-hybridized carbons (Fsp3) is 0.222. The van der Waals surface area contributed by atoms with Gasteiger partial charge in [-0.05, 0) is 30.2 Å². The second kappa shape index (κ2) is 5.64. The Balaban J connectivity index is 2.43. The summed E-state index contributed by atoms with van der Waals surface area (Å²) >= 11 is 0. The predicted molar refractivity (Wildman–Crippen MR) is 85.3 cm³/mol. The average molecular weight is 296 g/mol. The lowest BCUT2D eigenvalue weighted by molar-refractivity contribution is 0.0599. The topological polar surface area (TPSA) is 56.5 Å². The summed E-state index contributed by atoms with van der Waals surface area (Å²) in [6, 6.07) is 10.9. The van der Waals surface area contributed by atoms with Crippen molar-refractivity contribution in [3.05, 3.63) is 57.9 Å². The Hall–Kier alpha value is -2.62. The Bertz CT molecular complexity index is 921. The van der Waals surface area contributed by atoms with E-state index in [1.807, 2.05) is 31.2 Å². The smallest absolute Gasteiger partial charge is 0.344 e. The van der Waals surface area contributed by atoms with Crippen LogP contribution in [0.2, 0.25) is 0 Å². The molecule has 1 aromatic heterocycles. The number of ether oxygens (including phenoxy) is 1. The molecule has 4 heteroatoms. The van der Waals surface area contributed by atoms with Gasteiger partial charge in [-0.1, -0.05) is 31.5 Å². The summed E-state index contributed by atoms with van der Waals surface area (Å²) in [6.45, 7) is 2.04. The van der Waals surface area contributed by atoms with E-state index in [2.05, 4.69) is 0 Å². The Kier molecular flexibility index (Phi) is 3.67. The molecule has 0 saturated heterocycles. The summed E-state index contributed by atoms with van der Waals surface area (Å²) < 4.78 is 10.2. The quantitative estimate of drug-likeness (QED) is 0.420. The van der Waals surface area contributed by atoms with Gasteiger partial charge < -0.3 is 9.15 Å². The number of rotatable bonds is 3. The molecule has 0 radical (unpaired) electrons. The van der Waals surface area contributed by atoms with Gasteiger partial charge in [-0.3, -0.25) is 0 Å². The van der Waals surface area contributed by atoms with Gasteiger partial charge in [0.25, 0.3) is 0 Å². The van der Waals surface area contributed by atoms with Crippen LogP contribution in [0.3, 0.4) is 0 Å². The molecule has 0 fully saturated rings. The van der Waals surface area contributed by atoms with Crippen LogP contribution < -0.4 is 5.63 Å². The summed E-state index contributed by atoms with van der Waals surface area (Å²) in [6.07, 6.45) is 1.64. The Morgan fingerprint density at radius 3 is 2.64 bits per heavy atom. The van der Waals surface area contributed by atoms with E-state index in [1.54, 1.807) is 12.1 Å². The van der Waals surface area contributed by atoms with Gasteiger partial charge in [0, 0.05) is 10.8 Å². The SMILES string of the molecule is CCCc1cc2c(cc1C(=O)OC)c(=O)oc1ccccc12. The maximum absolute atomic E-state index is 12.2. The molecule has 2 aromatic carbocycles. The number of benzene rings is 2. The van der Waals surface area contributed by atoms with E-state index in [0.717, 1.165) is 29.2 Å². The van der Waals surface area contributed by atoms with Crippen LogP contribution in [-0.2, 0) is 11.2 Å². The summed E-state index contributed by atoms with van der Waals surface area (Å²) in [5.41, 5.74) is 1.42.